The molecule has 2 aliphatic heterocycles. The molecular weight excluding hydrogens is 308 g/mol. The Labute approximate surface area is 134 Å². The molecule has 2 saturated heterocycles. The molecule has 2 heterocycles. The van der Waals surface area contributed by atoms with Gasteiger partial charge >= 0.3 is 5.69 Å². The van der Waals surface area contributed by atoms with E-state index >= 15 is 0 Å². The van der Waals surface area contributed by atoms with Gasteiger partial charge in [0.05, 0.1) is 22.7 Å². The van der Waals surface area contributed by atoms with Gasteiger partial charge in [0.1, 0.15) is 0 Å². The van der Waals surface area contributed by atoms with E-state index in [1.807, 2.05) is 0 Å². The quantitative estimate of drug-likeness (QED) is 0.796. The molecule has 0 radical (unpaired) electrons. The van der Waals surface area contributed by atoms with Gasteiger partial charge in [-0.15, -0.1) is 0 Å². The topological polar surface area (TPSA) is 51.0 Å². The van der Waals surface area contributed by atoms with E-state index in [-0.39, 0.29) is 5.69 Å². The maximum atomic E-state index is 11.7. The summed E-state index contributed by atoms with van der Waals surface area (Å²) in [6, 6.07) is 3.38. The van der Waals surface area contributed by atoms with Crippen LogP contribution < -0.4 is 9.64 Å². The van der Waals surface area contributed by atoms with Gasteiger partial charge in [0.25, 0.3) is 4.92 Å². The van der Waals surface area contributed by atoms with Crippen molar-refractivity contribution in [3.8, 4) is 5.75 Å². The van der Waals surface area contributed by atoms with Crippen molar-refractivity contribution in [2.45, 2.75) is 12.8 Å². The lowest BCUT2D eigenvalue weighted by Gasteiger charge is -2.53. The molecule has 0 saturated carbocycles. The largest absolute Gasteiger partial charge is 0.490 e. The lowest BCUT2D eigenvalue weighted by atomic mass is 9.73. The first-order chi connectivity index (χ1) is 10.6. The molecule has 0 N–H and O–H groups in total. The minimum atomic E-state index is 0.264. The number of anilines is 1. The average Bonchev–Trinajstić information content (AvgIpc) is 2.52. The molecule has 1 aromatic carbocycles. The summed E-state index contributed by atoms with van der Waals surface area (Å²) in [4.78, 5) is 19.0. The fourth-order valence-electron chi connectivity index (χ4n) is 3.23. The van der Waals surface area contributed by atoms with Crippen molar-refractivity contribution in [2.75, 3.05) is 45.4 Å². The zero-order valence-electron chi connectivity index (χ0n) is 12.8. The van der Waals surface area contributed by atoms with Crippen LogP contribution in [0.2, 0.25) is 5.02 Å². The molecule has 2 aliphatic rings. The molecule has 3 rings (SSSR count). The Morgan fingerprint density at radius 2 is 1.95 bits per heavy atom. The highest BCUT2D eigenvalue weighted by Gasteiger charge is 2.44. The minimum absolute atomic E-state index is 0.264. The summed E-state index contributed by atoms with van der Waals surface area (Å²) in [5, 5.41) is 0.524. The van der Waals surface area contributed by atoms with Crippen LogP contribution >= 0.6 is 11.6 Å². The summed E-state index contributed by atoms with van der Waals surface area (Å²) in [6.45, 7) is 3.60. The average molecular weight is 328 g/mol. The number of rotatable bonds is 4. The van der Waals surface area contributed by atoms with Crippen LogP contribution in [0.15, 0.2) is 12.1 Å². The Kier molecular flexibility index (Phi) is 4.14. The summed E-state index contributed by atoms with van der Waals surface area (Å²) in [5.41, 5.74) is 1.51. The molecule has 0 bridgehead atoms. The highest BCUT2D eigenvalue weighted by Crippen LogP contribution is 2.46. The van der Waals surface area contributed by atoms with Gasteiger partial charge in [0.2, 0.25) is 5.75 Å². The zero-order valence-corrected chi connectivity index (χ0v) is 13.6. The van der Waals surface area contributed by atoms with Crippen molar-refractivity contribution in [3.63, 3.8) is 0 Å². The van der Waals surface area contributed by atoms with Gasteiger partial charge in [-0.1, -0.05) is 11.6 Å². The maximum Gasteiger partial charge on any atom is 0.359 e. The molecule has 22 heavy (non-hydrogen) atoms. The van der Waals surface area contributed by atoms with Gasteiger partial charge in [-0.3, -0.25) is 0 Å². The molecular formula is C15H20ClN2O4+. The van der Waals surface area contributed by atoms with E-state index in [0.717, 1.165) is 44.8 Å². The number of ether oxygens (including phenoxy) is 2. The van der Waals surface area contributed by atoms with E-state index in [0.29, 0.717) is 21.1 Å². The van der Waals surface area contributed by atoms with E-state index < -0.39 is 0 Å². The van der Waals surface area contributed by atoms with Gasteiger partial charge in [-0.05, 0) is 12.8 Å². The second kappa shape index (κ2) is 5.93. The van der Waals surface area contributed by atoms with Crippen molar-refractivity contribution >= 4 is 23.0 Å². The highest BCUT2D eigenvalue weighted by atomic mass is 35.5. The van der Waals surface area contributed by atoms with Gasteiger partial charge in [0.15, 0.2) is 7.11 Å². The van der Waals surface area contributed by atoms with E-state index in [1.54, 1.807) is 12.1 Å². The van der Waals surface area contributed by atoms with E-state index in [9.17, 15) is 4.91 Å². The van der Waals surface area contributed by atoms with Gasteiger partial charge in [-0.25, -0.2) is 4.84 Å². The van der Waals surface area contributed by atoms with Gasteiger partial charge in [-0.2, -0.15) is 0 Å². The van der Waals surface area contributed by atoms with E-state index in [2.05, 4.69) is 9.74 Å². The van der Waals surface area contributed by atoms with Crippen LogP contribution in [0.25, 0.3) is 0 Å². The predicted octanol–water partition coefficient (Wildman–Crippen LogP) is 2.94. The Morgan fingerprint density at radius 3 is 2.55 bits per heavy atom. The van der Waals surface area contributed by atoms with Crippen LogP contribution in [0.1, 0.15) is 12.8 Å². The third kappa shape index (κ3) is 2.61. The molecule has 0 aromatic heterocycles. The van der Waals surface area contributed by atoms with E-state index in [4.69, 9.17) is 21.1 Å². The molecule has 0 aliphatic carbocycles. The lowest BCUT2D eigenvalue weighted by molar-refractivity contribution is -0.736. The molecule has 2 fully saturated rings. The minimum Gasteiger partial charge on any atom is -0.490 e. The van der Waals surface area contributed by atoms with Crippen molar-refractivity contribution in [1.29, 1.82) is 0 Å². The van der Waals surface area contributed by atoms with Crippen LogP contribution in [-0.2, 0) is 9.57 Å². The molecule has 1 spiro atoms. The van der Waals surface area contributed by atoms with E-state index in [1.165, 1.54) is 14.2 Å². The molecule has 120 valence electrons. The number of hydrogen-bond donors (Lipinski definition) is 0. The fraction of sp³-hybridized carbons (Fsp3) is 0.600. The summed E-state index contributed by atoms with van der Waals surface area (Å²) in [5.74, 6) is 0.448. The Balaban J connectivity index is 1.82. The van der Waals surface area contributed by atoms with Crippen LogP contribution in [0.4, 0.5) is 11.4 Å². The first-order valence-corrected chi connectivity index (χ1v) is 7.68. The summed E-state index contributed by atoms with van der Waals surface area (Å²) in [7, 11) is 2.83. The molecule has 0 atom stereocenters. The number of nitrogens with zero attached hydrogens (tertiary/aromatic N) is 2. The monoisotopic (exact) mass is 327 g/mol. The van der Waals surface area contributed by atoms with Crippen LogP contribution in [-0.4, -0.2) is 45.4 Å². The Morgan fingerprint density at radius 1 is 1.27 bits per heavy atom. The summed E-state index contributed by atoms with van der Waals surface area (Å²) < 4.78 is 10.7. The molecule has 0 unspecified atom stereocenters. The smallest absolute Gasteiger partial charge is 0.359 e. The zero-order chi connectivity index (χ0) is 15.7. The lowest BCUT2D eigenvalue weighted by Crippen LogP contribution is -2.58. The van der Waals surface area contributed by atoms with Gasteiger partial charge in [0, 0.05) is 43.9 Å². The van der Waals surface area contributed by atoms with Crippen molar-refractivity contribution in [3.05, 3.63) is 22.1 Å². The van der Waals surface area contributed by atoms with Crippen LogP contribution in [0.5, 0.6) is 5.75 Å². The third-order valence-electron chi connectivity index (χ3n) is 4.56. The highest BCUT2D eigenvalue weighted by molar-refractivity contribution is 6.33. The van der Waals surface area contributed by atoms with Crippen LogP contribution in [0.3, 0.4) is 0 Å². The van der Waals surface area contributed by atoms with Crippen molar-refractivity contribution in [1.82, 2.24) is 0 Å². The number of methoxy groups -OCH3 is 1. The second-order valence-corrected chi connectivity index (χ2v) is 6.29. The number of benzene rings is 1. The molecule has 6 nitrogen and oxygen atoms in total. The Hall–Kier alpha value is -1.53. The SMILES string of the molecule is COc1cc(N2CC3(CCOCC3)C2)c(Cl)cc1[N+](=O)OC. The van der Waals surface area contributed by atoms with Crippen LogP contribution in [0, 0.1) is 10.3 Å². The Bertz CT molecular complexity index is 579. The van der Waals surface area contributed by atoms with Gasteiger partial charge < -0.3 is 14.4 Å². The van der Waals surface area contributed by atoms with Crippen molar-refractivity contribution in [2.24, 2.45) is 5.41 Å². The molecule has 7 heteroatoms. The number of halogens is 1. The normalized spacial score (nSPS) is 19.7. The fourth-order valence-corrected chi connectivity index (χ4v) is 3.51. The second-order valence-electron chi connectivity index (χ2n) is 5.88. The summed E-state index contributed by atoms with van der Waals surface area (Å²) in [6.07, 6.45) is 2.18. The predicted molar refractivity (Wildman–Crippen MR) is 83.0 cm³/mol. The summed E-state index contributed by atoms with van der Waals surface area (Å²) >= 11 is 6.35. The number of hydrogen-bond acceptors (Lipinski definition) is 5. The molecule has 1 aromatic rings. The standard InChI is InChI=1S/C15H20ClN2O4/c1-20-14-8-12(11(16)7-13(14)18(19)21-2)17-9-15(10-17)3-5-22-6-4-15/h7-8H,3-6,9-10H2,1-2H3/q+1. The maximum absolute atomic E-state index is 11.7. The van der Waals surface area contributed by atoms with Crippen molar-refractivity contribution < 1.29 is 19.2 Å². The molecule has 0 amide bonds. The first kappa shape index (κ1) is 15.4. The first-order valence-electron chi connectivity index (χ1n) is 7.30. The third-order valence-corrected chi connectivity index (χ3v) is 4.86.